The van der Waals surface area contributed by atoms with E-state index in [2.05, 4.69) is 15.7 Å². The van der Waals surface area contributed by atoms with Gasteiger partial charge in [0.15, 0.2) is 11.5 Å². The van der Waals surface area contributed by atoms with Crippen LogP contribution in [0.5, 0.6) is 11.5 Å². The quantitative estimate of drug-likeness (QED) is 0.711. The number of nitrogens with zero attached hydrogens (tertiary/aromatic N) is 2. The third-order valence-corrected chi connectivity index (χ3v) is 4.01. The van der Waals surface area contributed by atoms with E-state index in [0.717, 1.165) is 16.6 Å². The first-order valence-electron chi connectivity index (χ1n) is 8.42. The molecule has 0 fully saturated rings. The lowest BCUT2D eigenvalue weighted by Gasteiger charge is -2.17. The van der Waals surface area contributed by atoms with E-state index in [0.29, 0.717) is 18.1 Å². The number of amides is 2. The number of carbonyl (C=O) groups excluding carboxylic acids is 1. The summed E-state index contributed by atoms with van der Waals surface area (Å²) in [6, 6.07) is 12.7. The Bertz CT molecular complexity index is 907. The predicted octanol–water partition coefficient (Wildman–Crippen LogP) is 3.46. The van der Waals surface area contributed by atoms with Crippen LogP contribution in [0.2, 0.25) is 0 Å². The van der Waals surface area contributed by atoms with Gasteiger partial charge >= 0.3 is 6.03 Å². The molecule has 2 aromatic carbocycles. The summed E-state index contributed by atoms with van der Waals surface area (Å²) in [5, 5.41) is 2.91. The summed E-state index contributed by atoms with van der Waals surface area (Å²) in [6.45, 7) is 4.38. The second kappa shape index (κ2) is 7.77. The first kappa shape index (κ1) is 17.6. The number of ether oxygens (including phenoxy) is 2. The lowest BCUT2D eigenvalue weighted by Crippen LogP contribution is -2.35. The number of para-hydroxylation sites is 2. The van der Waals surface area contributed by atoms with Gasteiger partial charge in [-0.2, -0.15) is 0 Å². The molecule has 0 bridgehead atoms. The van der Waals surface area contributed by atoms with Gasteiger partial charge in [-0.1, -0.05) is 18.2 Å². The molecule has 0 aliphatic carbocycles. The van der Waals surface area contributed by atoms with Gasteiger partial charge in [0.25, 0.3) is 0 Å². The van der Waals surface area contributed by atoms with Crippen LogP contribution in [0.4, 0.5) is 4.79 Å². The molecule has 0 saturated heterocycles. The van der Waals surface area contributed by atoms with Gasteiger partial charge in [-0.3, -0.25) is 0 Å². The Morgan fingerprint density at radius 1 is 1.23 bits per heavy atom. The van der Waals surface area contributed by atoms with Crippen molar-refractivity contribution in [2.75, 3.05) is 19.1 Å². The number of nitrogens with one attached hydrogen (secondary N) is 2. The zero-order valence-corrected chi connectivity index (χ0v) is 15.0. The number of hydrogen-bond acceptors (Lipinski definition) is 4. The number of methoxy groups -OCH3 is 1. The summed E-state index contributed by atoms with van der Waals surface area (Å²) in [6.07, 6.45) is 1.58. The molecule has 0 saturated carbocycles. The van der Waals surface area contributed by atoms with Gasteiger partial charge in [0.1, 0.15) is 6.33 Å². The van der Waals surface area contributed by atoms with E-state index >= 15 is 0 Å². The van der Waals surface area contributed by atoms with Crippen LogP contribution < -0.4 is 20.2 Å². The van der Waals surface area contributed by atoms with Gasteiger partial charge in [-0.25, -0.2) is 19.9 Å². The molecular weight excluding hydrogens is 332 g/mol. The van der Waals surface area contributed by atoms with Crippen molar-refractivity contribution in [1.29, 1.82) is 0 Å². The summed E-state index contributed by atoms with van der Waals surface area (Å²) >= 11 is 0. The lowest BCUT2D eigenvalue weighted by atomic mass is 10.1. The summed E-state index contributed by atoms with van der Waals surface area (Å²) in [5.74, 6) is 1.32. The van der Waals surface area contributed by atoms with E-state index in [1.54, 1.807) is 18.1 Å². The first-order chi connectivity index (χ1) is 12.6. The molecule has 7 heteroatoms. The molecule has 3 rings (SSSR count). The maximum atomic E-state index is 12.3. The molecule has 0 aliphatic rings. The molecule has 3 aromatic rings. The van der Waals surface area contributed by atoms with E-state index in [4.69, 9.17) is 9.47 Å². The second-order valence-corrected chi connectivity index (χ2v) is 5.75. The van der Waals surface area contributed by atoms with E-state index in [1.165, 1.54) is 0 Å². The average molecular weight is 354 g/mol. The molecule has 1 heterocycles. The van der Waals surface area contributed by atoms with Crippen LogP contribution in [0.3, 0.4) is 0 Å². The van der Waals surface area contributed by atoms with E-state index in [-0.39, 0.29) is 12.1 Å². The van der Waals surface area contributed by atoms with Crippen molar-refractivity contribution >= 4 is 17.1 Å². The molecule has 0 radical (unpaired) electrons. The zero-order chi connectivity index (χ0) is 18.5. The van der Waals surface area contributed by atoms with Gasteiger partial charge < -0.3 is 14.8 Å². The maximum Gasteiger partial charge on any atom is 0.334 e. The van der Waals surface area contributed by atoms with Crippen LogP contribution in [0.15, 0.2) is 48.8 Å². The van der Waals surface area contributed by atoms with Crippen molar-refractivity contribution in [3.63, 3.8) is 0 Å². The molecule has 1 atom stereocenters. The SMILES string of the molecule is CCOc1ccc(C(C)NC(=O)Nn2cnc3ccccc32)cc1OC. The fourth-order valence-corrected chi connectivity index (χ4v) is 2.70. The highest BCUT2D eigenvalue weighted by Crippen LogP contribution is 2.30. The van der Waals surface area contributed by atoms with Crippen LogP contribution in [-0.2, 0) is 0 Å². The van der Waals surface area contributed by atoms with Crippen LogP contribution in [0.1, 0.15) is 25.5 Å². The number of imidazole rings is 1. The van der Waals surface area contributed by atoms with Gasteiger partial charge in [0, 0.05) is 0 Å². The molecule has 7 nitrogen and oxygen atoms in total. The van der Waals surface area contributed by atoms with Crippen molar-refractivity contribution in [2.24, 2.45) is 0 Å². The van der Waals surface area contributed by atoms with Crippen LogP contribution in [0.25, 0.3) is 11.0 Å². The normalized spacial score (nSPS) is 11.8. The van der Waals surface area contributed by atoms with Crippen molar-refractivity contribution in [3.8, 4) is 11.5 Å². The monoisotopic (exact) mass is 354 g/mol. The van der Waals surface area contributed by atoms with Crippen molar-refractivity contribution < 1.29 is 14.3 Å². The van der Waals surface area contributed by atoms with Gasteiger partial charge in [0.05, 0.1) is 30.8 Å². The molecule has 1 unspecified atom stereocenters. The summed E-state index contributed by atoms with van der Waals surface area (Å²) in [7, 11) is 1.59. The minimum Gasteiger partial charge on any atom is -0.493 e. The Hall–Kier alpha value is -3.22. The Morgan fingerprint density at radius 3 is 2.81 bits per heavy atom. The number of benzene rings is 2. The fourth-order valence-electron chi connectivity index (χ4n) is 2.70. The fraction of sp³-hybridized carbons (Fsp3) is 0.263. The van der Waals surface area contributed by atoms with Gasteiger partial charge in [-0.05, 0) is 43.7 Å². The molecule has 1 aromatic heterocycles. The molecular formula is C19H22N4O3. The third-order valence-electron chi connectivity index (χ3n) is 4.01. The van der Waals surface area contributed by atoms with E-state index in [1.807, 2.05) is 56.3 Å². The summed E-state index contributed by atoms with van der Waals surface area (Å²) < 4.78 is 12.5. The zero-order valence-electron chi connectivity index (χ0n) is 15.0. The Balaban J connectivity index is 1.69. The molecule has 0 aliphatic heterocycles. The standard InChI is InChI=1S/C19H22N4O3/c1-4-26-17-10-9-14(11-18(17)25-3)13(2)21-19(24)22-23-12-20-15-7-5-6-8-16(15)23/h5-13H,4H2,1-3H3,(H2,21,22,24). The number of fused-ring (bicyclic) bond motifs is 1. The van der Waals surface area contributed by atoms with Gasteiger partial charge in [-0.15, -0.1) is 0 Å². The summed E-state index contributed by atoms with van der Waals surface area (Å²) in [4.78, 5) is 16.6. The molecule has 136 valence electrons. The van der Waals surface area contributed by atoms with E-state index in [9.17, 15) is 4.79 Å². The highest BCUT2D eigenvalue weighted by molar-refractivity contribution is 5.85. The third kappa shape index (κ3) is 3.72. The predicted molar refractivity (Wildman–Crippen MR) is 100 cm³/mol. The topological polar surface area (TPSA) is 77.4 Å². The number of hydrogen-bond donors (Lipinski definition) is 2. The van der Waals surface area contributed by atoms with Crippen molar-refractivity contribution in [3.05, 3.63) is 54.4 Å². The largest absolute Gasteiger partial charge is 0.493 e. The van der Waals surface area contributed by atoms with Gasteiger partial charge in [0.2, 0.25) is 0 Å². The highest BCUT2D eigenvalue weighted by Gasteiger charge is 2.13. The highest BCUT2D eigenvalue weighted by atomic mass is 16.5. The Kier molecular flexibility index (Phi) is 5.26. The maximum absolute atomic E-state index is 12.3. The first-order valence-corrected chi connectivity index (χ1v) is 8.42. The molecule has 2 N–H and O–H groups in total. The van der Waals surface area contributed by atoms with Crippen LogP contribution in [-0.4, -0.2) is 29.4 Å². The molecule has 26 heavy (non-hydrogen) atoms. The van der Waals surface area contributed by atoms with Crippen molar-refractivity contribution in [2.45, 2.75) is 19.9 Å². The van der Waals surface area contributed by atoms with E-state index < -0.39 is 0 Å². The number of urea groups is 1. The lowest BCUT2D eigenvalue weighted by molar-refractivity contribution is 0.247. The van der Waals surface area contributed by atoms with Crippen molar-refractivity contribution in [1.82, 2.24) is 15.0 Å². The summed E-state index contributed by atoms with van der Waals surface area (Å²) in [5.41, 5.74) is 5.34. The number of rotatable bonds is 6. The Morgan fingerprint density at radius 2 is 2.04 bits per heavy atom. The number of aromatic nitrogens is 2. The minimum absolute atomic E-state index is 0.214. The minimum atomic E-state index is -0.325. The second-order valence-electron chi connectivity index (χ2n) is 5.75. The smallest absolute Gasteiger partial charge is 0.334 e. The Labute approximate surface area is 151 Å². The molecule has 2 amide bonds. The average Bonchev–Trinajstić information content (AvgIpc) is 3.05. The van der Waals surface area contributed by atoms with Crippen LogP contribution >= 0.6 is 0 Å². The van der Waals surface area contributed by atoms with Crippen LogP contribution in [0, 0.1) is 0 Å². The number of carbonyl (C=O) groups is 1. The molecule has 0 spiro atoms.